The number of hydrogen-bond acceptors (Lipinski definition) is 5. The number of ether oxygens (including phenoxy) is 1. The number of rotatable bonds is 9. The van der Waals surface area contributed by atoms with E-state index in [4.69, 9.17) is 4.74 Å². The zero-order chi connectivity index (χ0) is 17.4. The second-order valence-corrected chi connectivity index (χ2v) is 6.77. The number of aryl methyl sites for hydroxylation is 1. The molecule has 1 N–H and O–H groups in total. The van der Waals surface area contributed by atoms with Crippen LogP contribution in [0.4, 0.5) is 5.69 Å². The van der Waals surface area contributed by atoms with Gasteiger partial charge in [-0.05, 0) is 25.5 Å². The Balaban J connectivity index is 1.95. The number of benzene rings is 1. The van der Waals surface area contributed by atoms with Crippen LogP contribution >= 0.6 is 11.8 Å². The molecule has 1 aromatic heterocycles. The molecule has 24 heavy (non-hydrogen) atoms. The van der Waals surface area contributed by atoms with Crippen molar-refractivity contribution >= 4 is 23.4 Å². The van der Waals surface area contributed by atoms with Gasteiger partial charge < -0.3 is 14.6 Å². The number of carbonyl (C=O) groups is 1. The van der Waals surface area contributed by atoms with Crippen LogP contribution in [-0.2, 0) is 11.3 Å². The van der Waals surface area contributed by atoms with Gasteiger partial charge in [0.15, 0.2) is 5.16 Å². The van der Waals surface area contributed by atoms with E-state index in [0.29, 0.717) is 11.4 Å². The van der Waals surface area contributed by atoms with Gasteiger partial charge in [0.2, 0.25) is 5.91 Å². The van der Waals surface area contributed by atoms with E-state index in [1.54, 1.807) is 13.4 Å². The first-order valence-electron chi connectivity index (χ1n) is 8.14. The smallest absolute Gasteiger partial charge is 0.237 e. The number of carbonyl (C=O) groups excluding carboxylic acids is 1. The molecule has 130 valence electrons. The largest absolute Gasteiger partial charge is 0.495 e. The molecule has 1 amide bonds. The van der Waals surface area contributed by atoms with E-state index in [9.17, 15) is 4.79 Å². The summed E-state index contributed by atoms with van der Waals surface area (Å²) in [5.74, 6) is 0.554. The number of nitrogens with zero attached hydrogens (tertiary/aromatic N) is 3. The van der Waals surface area contributed by atoms with Crippen LogP contribution in [0.3, 0.4) is 0 Å². The summed E-state index contributed by atoms with van der Waals surface area (Å²) in [4.78, 5) is 12.4. The number of anilines is 1. The summed E-state index contributed by atoms with van der Waals surface area (Å²) in [5, 5.41) is 11.5. The number of thioether (sulfide) groups is 1. The second-order valence-electron chi connectivity index (χ2n) is 5.46. The van der Waals surface area contributed by atoms with Gasteiger partial charge in [0.05, 0.1) is 18.0 Å². The van der Waals surface area contributed by atoms with Gasteiger partial charge >= 0.3 is 0 Å². The molecule has 0 unspecified atom stereocenters. The predicted octanol–water partition coefficient (Wildman–Crippen LogP) is 3.60. The van der Waals surface area contributed by atoms with E-state index in [2.05, 4.69) is 22.4 Å². The Bertz CT molecular complexity index is 660. The minimum absolute atomic E-state index is 0.0902. The summed E-state index contributed by atoms with van der Waals surface area (Å²) in [6, 6.07) is 7.37. The Morgan fingerprint density at radius 2 is 2.17 bits per heavy atom. The maximum absolute atomic E-state index is 12.4. The normalized spacial score (nSPS) is 12.0. The van der Waals surface area contributed by atoms with E-state index >= 15 is 0 Å². The minimum atomic E-state index is -0.288. The summed E-state index contributed by atoms with van der Waals surface area (Å²) in [6.07, 6.45) is 5.15. The molecule has 1 heterocycles. The van der Waals surface area contributed by atoms with E-state index in [1.807, 2.05) is 35.8 Å². The van der Waals surface area contributed by atoms with Crippen molar-refractivity contribution in [2.75, 3.05) is 12.4 Å². The molecule has 0 radical (unpaired) electrons. The summed E-state index contributed by atoms with van der Waals surface area (Å²) in [6.45, 7) is 4.91. The molecular formula is C17H24N4O2S. The first-order chi connectivity index (χ1) is 11.7. The van der Waals surface area contributed by atoms with Crippen molar-refractivity contribution in [1.82, 2.24) is 14.8 Å². The molecule has 0 aliphatic carbocycles. The lowest BCUT2D eigenvalue weighted by Gasteiger charge is -2.14. The molecule has 2 rings (SSSR count). The Hall–Kier alpha value is -2.02. The molecule has 1 aromatic carbocycles. The zero-order valence-corrected chi connectivity index (χ0v) is 15.2. The maximum atomic E-state index is 12.4. The van der Waals surface area contributed by atoms with Crippen molar-refractivity contribution < 1.29 is 9.53 Å². The zero-order valence-electron chi connectivity index (χ0n) is 14.4. The van der Waals surface area contributed by atoms with Crippen molar-refractivity contribution in [2.45, 2.75) is 50.1 Å². The monoisotopic (exact) mass is 348 g/mol. The van der Waals surface area contributed by atoms with E-state index < -0.39 is 0 Å². The average molecular weight is 348 g/mol. The van der Waals surface area contributed by atoms with E-state index in [1.165, 1.54) is 24.6 Å². The highest BCUT2D eigenvalue weighted by atomic mass is 32.2. The number of aromatic nitrogens is 3. The van der Waals surface area contributed by atoms with Crippen molar-refractivity contribution in [3.8, 4) is 5.75 Å². The number of hydrogen-bond donors (Lipinski definition) is 1. The molecule has 0 spiro atoms. The van der Waals surface area contributed by atoms with Crippen LogP contribution in [0.25, 0.3) is 0 Å². The molecule has 0 aliphatic heterocycles. The van der Waals surface area contributed by atoms with Gasteiger partial charge in [0.1, 0.15) is 12.1 Å². The fraction of sp³-hybridized carbons (Fsp3) is 0.471. The highest BCUT2D eigenvalue weighted by molar-refractivity contribution is 8.00. The van der Waals surface area contributed by atoms with Crippen LogP contribution < -0.4 is 10.1 Å². The average Bonchev–Trinajstić information content (AvgIpc) is 3.02. The molecule has 0 aliphatic rings. The van der Waals surface area contributed by atoms with Crippen LogP contribution in [0.5, 0.6) is 5.75 Å². The molecule has 0 bridgehead atoms. The summed E-state index contributed by atoms with van der Waals surface area (Å²) in [7, 11) is 1.59. The van der Waals surface area contributed by atoms with Crippen molar-refractivity contribution in [3.05, 3.63) is 30.6 Å². The lowest BCUT2D eigenvalue weighted by molar-refractivity contribution is -0.115. The Kier molecular flexibility index (Phi) is 7.11. The summed E-state index contributed by atoms with van der Waals surface area (Å²) >= 11 is 1.41. The van der Waals surface area contributed by atoms with Gasteiger partial charge in [0, 0.05) is 6.54 Å². The Morgan fingerprint density at radius 3 is 2.92 bits per heavy atom. The van der Waals surface area contributed by atoms with Crippen LogP contribution in [0, 0.1) is 0 Å². The lowest BCUT2D eigenvalue weighted by atomic mass is 10.2. The van der Waals surface area contributed by atoms with Gasteiger partial charge in [-0.25, -0.2) is 0 Å². The van der Waals surface area contributed by atoms with Gasteiger partial charge in [-0.15, -0.1) is 10.2 Å². The molecular weight excluding hydrogens is 324 g/mol. The number of nitrogens with one attached hydrogen (secondary N) is 1. The lowest BCUT2D eigenvalue weighted by Crippen LogP contribution is -2.23. The topological polar surface area (TPSA) is 69.0 Å². The highest BCUT2D eigenvalue weighted by Crippen LogP contribution is 2.26. The molecule has 0 saturated carbocycles. The first-order valence-corrected chi connectivity index (χ1v) is 9.02. The molecule has 7 heteroatoms. The van der Waals surface area contributed by atoms with Crippen molar-refractivity contribution in [1.29, 1.82) is 0 Å². The maximum Gasteiger partial charge on any atom is 0.237 e. The van der Waals surface area contributed by atoms with E-state index in [-0.39, 0.29) is 11.2 Å². The molecule has 6 nitrogen and oxygen atoms in total. The van der Waals surface area contributed by atoms with Gasteiger partial charge in [-0.3, -0.25) is 4.79 Å². The predicted molar refractivity (Wildman–Crippen MR) is 96.5 cm³/mol. The number of amides is 1. The first kappa shape index (κ1) is 18.3. The third-order valence-electron chi connectivity index (χ3n) is 3.60. The summed E-state index contributed by atoms with van der Waals surface area (Å²) in [5.41, 5.74) is 0.668. The SMILES string of the molecule is CCCCCn1cnnc1S[C@@H](C)C(=O)Nc1ccccc1OC. The van der Waals surface area contributed by atoms with Crippen molar-refractivity contribution in [3.63, 3.8) is 0 Å². The molecule has 0 saturated heterocycles. The van der Waals surface area contributed by atoms with Crippen LogP contribution in [0.15, 0.2) is 35.7 Å². The van der Waals surface area contributed by atoms with Gasteiger partial charge in [0.25, 0.3) is 0 Å². The summed E-state index contributed by atoms with van der Waals surface area (Å²) < 4.78 is 7.27. The third-order valence-corrected chi connectivity index (χ3v) is 4.69. The number of para-hydroxylation sites is 2. The third kappa shape index (κ3) is 4.99. The Labute approximate surface area is 147 Å². The van der Waals surface area contributed by atoms with E-state index in [0.717, 1.165) is 18.1 Å². The van der Waals surface area contributed by atoms with Gasteiger partial charge in [-0.1, -0.05) is 43.7 Å². The van der Waals surface area contributed by atoms with Crippen LogP contribution in [0.2, 0.25) is 0 Å². The molecule has 1 atom stereocenters. The highest BCUT2D eigenvalue weighted by Gasteiger charge is 2.19. The molecule has 0 fully saturated rings. The quantitative estimate of drug-likeness (QED) is 0.554. The van der Waals surface area contributed by atoms with Crippen molar-refractivity contribution in [2.24, 2.45) is 0 Å². The standard InChI is InChI=1S/C17H24N4O2S/c1-4-5-8-11-21-12-18-20-17(21)24-13(2)16(22)19-14-9-6-7-10-15(14)23-3/h6-7,9-10,12-13H,4-5,8,11H2,1-3H3,(H,19,22)/t13-/m0/s1. The molecule has 2 aromatic rings. The number of unbranched alkanes of at least 4 members (excludes halogenated alkanes) is 2. The second kappa shape index (κ2) is 9.32. The fourth-order valence-electron chi connectivity index (χ4n) is 2.22. The number of methoxy groups -OCH3 is 1. The minimum Gasteiger partial charge on any atom is -0.495 e. The Morgan fingerprint density at radius 1 is 1.38 bits per heavy atom. The van der Waals surface area contributed by atoms with Crippen LogP contribution in [-0.4, -0.2) is 33.0 Å². The van der Waals surface area contributed by atoms with Crippen LogP contribution in [0.1, 0.15) is 33.1 Å². The fourth-order valence-corrected chi connectivity index (χ4v) is 3.07. The van der Waals surface area contributed by atoms with Gasteiger partial charge in [-0.2, -0.15) is 0 Å².